The Labute approximate surface area is 140 Å². The fourth-order valence-corrected chi connectivity index (χ4v) is 2.90. The molecule has 0 aliphatic heterocycles. The fourth-order valence-electron chi connectivity index (χ4n) is 1.91. The summed E-state index contributed by atoms with van der Waals surface area (Å²) in [5.74, 6) is -0.752. The van der Waals surface area contributed by atoms with Crippen LogP contribution in [0.2, 0.25) is 10.0 Å². The van der Waals surface area contributed by atoms with E-state index in [1.54, 1.807) is 25.2 Å². The Bertz CT molecular complexity index is 673. The van der Waals surface area contributed by atoms with Crippen LogP contribution < -0.4 is 0 Å². The molecule has 0 aromatic heterocycles. The van der Waals surface area contributed by atoms with Crippen LogP contribution in [-0.4, -0.2) is 17.9 Å². The molecule has 1 amide bonds. The standard InChI is InChI=1S/C15H11BrCl2FNO/c1-20(8-9-4-10(17)6-11(18)5-9)15(21)13-7-12(19)2-3-14(13)16/h2-7H,8H2,1H3. The summed E-state index contributed by atoms with van der Waals surface area (Å²) in [4.78, 5) is 13.8. The van der Waals surface area contributed by atoms with Crippen molar-refractivity contribution in [2.75, 3.05) is 7.05 Å². The number of carbonyl (C=O) groups is 1. The van der Waals surface area contributed by atoms with Crippen LogP contribution >= 0.6 is 39.1 Å². The van der Waals surface area contributed by atoms with Crippen LogP contribution in [0.25, 0.3) is 0 Å². The average molecular weight is 391 g/mol. The summed E-state index contributed by atoms with van der Waals surface area (Å²) in [6, 6.07) is 9.09. The third-order valence-corrected chi connectivity index (χ3v) is 3.98. The highest BCUT2D eigenvalue weighted by Crippen LogP contribution is 2.22. The van der Waals surface area contributed by atoms with E-state index in [1.165, 1.54) is 23.1 Å². The van der Waals surface area contributed by atoms with Gasteiger partial charge in [-0.15, -0.1) is 0 Å². The number of benzene rings is 2. The lowest BCUT2D eigenvalue weighted by molar-refractivity contribution is 0.0783. The summed E-state index contributed by atoms with van der Waals surface area (Å²) in [6.07, 6.45) is 0. The number of carbonyl (C=O) groups excluding carboxylic acids is 1. The predicted octanol–water partition coefficient (Wildman–Crippen LogP) is 5.17. The number of hydrogen-bond donors (Lipinski definition) is 0. The molecule has 0 radical (unpaired) electrons. The van der Waals surface area contributed by atoms with Gasteiger partial charge in [0, 0.05) is 28.1 Å². The first kappa shape index (κ1) is 16.3. The predicted molar refractivity (Wildman–Crippen MR) is 86.4 cm³/mol. The molecule has 0 bridgehead atoms. The van der Waals surface area contributed by atoms with Gasteiger partial charge < -0.3 is 4.90 Å². The number of halogens is 4. The van der Waals surface area contributed by atoms with Crippen molar-refractivity contribution in [1.29, 1.82) is 0 Å². The van der Waals surface area contributed by atoms with E-state index in [0.29, 0.717) is 21.1 Å². The normalized spacial score (nSPS) is 10.5. The molecule has 0 spiro atoms. The molecular weight excluding hydrogens is 380 g/mol. The van der Waals surface area contributed by atoms with E-state index >= 15 is 0 Å². The molecule has 0 atom stereocenters. The third-order valence-electron chi connectivity index (χ3n) is 2.85. The maximum Gasteiger partial charge on any atom is 0.255 e. The van der Waals surface area contributed by atoms with E-state index in [0.717, 1.165) is 5.56 Å². The van der Waals surface area contributed by atoms with Gasteiger partial charge in [0.1, 0.15) is 5.82 Å². The number of rotatable bonds is 3. The Morgan fingerprint density at radius 2 is 1.81 bits per heavy atom. The molecule has 2 rings (SSSR count). The quantitative estimate of drug-likeness (QED) is 0.708. The summed E-state index contributed by atoms with van der Waals surface area (Å²) in [7, 11) is 1.63. The van der Waals surface area contributed by atoms with Crippen molar-refractivity contribution < 1.29 is 9.18 Å². The van der Waals surface area contributed by atoms with Crippen LogP contribution in [0.4, 0.5) is 4.39 Å². The topological polar surface area (TPSA) is 20.3 Å². The van der Waals surface area contributed by atoms with E-state index in [-0.39, 0.29) is 11.5 Å². The first-order valence-corrected chi connectivity index (χ1v) is 7.57. The zero-order valence-corrected chi connectivity index (χ0v) is 14.1. The molecule has 0 fully saturated rings. The minimum atomic E-state index is -0.458. The molecular formula is C15H11BrCl2FNO. The highest BCUT2D eigenvalue weighted by molar-refractivity contribution is 9.10. The minimum Gasteiger partial charge on any atom is -0.337 e. The summed E-state index contributed by atoms with van der Waals surface area (Å²) < 4.78 is 13.8. The number of amides is 1. The Morgan fingerprint density at radius 3 is 2.43 bits per heavy atom. The van der Waals surface area contributed by atoms with Gasteiger partial charge in [-0.3, -0.25) is 4.79 Å². The molecule has 6 heteroatoms. The van der Waals surface area contributed by atoms with Crippen molar-refractivity contribution >= 4 is 45.0 Å². The van der Waals surface area contributed by atoms with E-state index < -0.39 is 5.82 Å². The second kappa shape index (κ2) is 6.77. The molecule has 2 aromatic rings. The first-order valence-electron chi connectivity index (χ1n) is 6.02. The molecule has 0 saturated heterocycles. The van der Waals surface area contributed by atoms with Gasteiger partial charge in [0.15, 0.2) is 0 Å². The largest absolute Gasteiger partial charge is 0.337 e. The smallest absolute Gasteiger partial charge is 0.255 e. The van der Waals surface area contributed by atoms with Crippen molar-refractivity contribution in [2.24, 2.45) is 0 Å². The van der Waals surface area contributed by atoms with Gasteiger partial charge in [-0.25, -0.2) is 4.39 Å². The van der Waals surface area contributed by atoms with Gasteiger partial charge >= 0.3 is 0 Å². The van der Waals surface area contributed by atoms with Gasteiger partial charge in [0.05, 0.1) is 5.56 Å². The van der Waals surface area contributed by atoms with Crippen LogP contribution in [0.15, 0.2) is 40.9 Å². The van der Waals surface area contributed by atoms with Gasteiger partial charge in [0.25, 0.3) is 5.91 Å². The van der Waals surface area contributed by atoms with Crippen molar-refractivity contribution in [3.8, 4) is 0 Å². The Kier molecular flexibility index (Phi) is 5.25. The molecule has 0 N–H and O–H groups in total. The lowest BCUT2D eigenvalue weighted by atomic mass is 10.1. The highest BCUT2D eigenvalue weighted by atomic mass is 79.9. The van der Waals surface area contributed by atoms with Crippen LogP contribution in [0, 0.1) is 5.82 Å². The van der Waals surface area contributed by atoms with E-state index in [9.17, 15) is 9.18 Å². The zero-order chi connectivity index (χ0) is 15.6. The second-order valence-electron chi connectivity index (χ2n) is 4.56. The lowest BCUT2D eigenvalue weighted by Gasteiger charge is -2.18. The molecule has 0 unspecified atom stereocenters. The fraction of sp³-hybridized carbons (Fsp3) is 0.133. The molecule has 0 aliphatic rings. The molecule has 0 saturated carbocycles. The van der Waals surface area contributed by atoms with Gasteiger partial charge in [-0.2, -0.15) is 0 Å². The summed E-state index contributed by atoms with van der Waals surface area (Å²) in [5, 5.41) is 1.01. The van der Waals surface area contributed by atoms with Gasteiger partial charge in [-0.05, 0) is 57.9 Å². The van der Waals surface area contributed by atoms with Crippen molar-refractivity contribution in [2.45, 2.75) is 6.54 Å². The monoisotopic (exact) mass is 389 g/mol. The van der Waals surface area contributed by atoms with E-state index in [2.05, 4.69) is 15.9 Å². The Hall–Kier alpha value is -1.10. The minimum absolute atomic E-state index is 0.269. The summed E-state index contributed by atoms with van der Waals surface area (Å²) in [6.45, 7) is 0.321. The second-order valence-corrected chi connectivity index (χ2v) is 6.29. The average Bonchev–Trinajstić information content (AvgIpc) is 2.39. The first-order chi connectivity index (χ1) is 9.86. The molecule has 0 heterocycles. The van der Waals surface area contributed by atoms with Crippen LogP contribution in [0.3, 0.4) is 0 Å². The van der Waals surface area contributed by atoms with Crippen LogP contribution in [-0.2, 0) is 6.54 Å². The molecule has 2 aromatic carbocycles. The lowest BCUT2D eigenvalue weighted by Crippen LogP contribution is -2.26. The third kappa shape index (κ3) is 4.19. The van der Waals surface area contributed by atoms with E-state index in [1.807, 2.05) is 0 Å². The maximum atomic E-state index is 13.3. The highest BCUT2D eigenvalue weighted by Gasteiger charge is 2.16. The van der Waals surface area contributed by atoms with Crippen molar-refractivity contribution in [1.82, 2.24) is 4.90 Å². The van der Waals surface area contributed by atoms with E-state index in [4.69, 9.17) is 23.2 Å². The number of nitrogens with zero attached hydrogens (tertiary/aromatic N) is 1. The summed E-state index contributed by atoms with van der Waals surface area (Å²) in [5.41, 5.74) is 1.07. The van der Waals surface area contributed by atoms with Crippen LogP contribution in [0.5, 0.6) is 0 Å². The van der Waals surface area contributed by atoms with Crippen molar-refractivity contribution in [3.05, 3.63) is 67.9 Å². The molecule has 2 nitrogen and oxygen atoms in total. The molecule has 21 heavy (non-hydrogen) atoms. The zero-order valence-electron chi connectivity index (χ0n) is 11.0. The molecule has 0 aliphatic carbocycles. The van der Waals surface area contributed by atoms with Gasteiger partial charge in [0.2, 0.25) is 0 Å². The number of hydrogen-bond acceptors (Lipinski definition) is 1. The molecule has 110 valence electrons. The SMILES string of the molecule is CN(Cc1cc(Cl)cc(Cl)c1)C(=O)c1cc(F)ccc1Br. The Balaban J connectivity index is 2.21. The van der Waals surface area contributed by atoms with Crippen molar-refractivity contribution in [3.63, 3.8) is 0 Å². The summed E-state index contributed by atoms with van der Waals surface area (Å²) >= 11 is 15.1. The van der Waals surface area contributed by atoms with Crippen LogP contribution in [0.1, 0.15) is 15.9 Å². The Morgan fingerprint density at radius 1 is 1.19 bits per heavy atom. The van der Waals surface area contributed by atoms with Gasteiger partial charge in [-0.1, -0.05) is 23.2 Å². The maximum absolute atomic E-state index is 13.3.